The van der Waals surface area contributed by atoms with E-state index in [0.717, 1.165) is 22.3 Å². The van der Waals surface area contributed by atoms with Crippen LogP contribution in [-0.4, -0.2) is 25.1 Å². The molecule has 0 amide bonds. The van der Waals surface area contributed by atoms with Gasteiger partial charge in [-0.2, -0.15) is 11.8 Å². The molecule has 0 saturated carbocycles. The van der Waals surface area contributed by atoms with Gasteiger partial charge in [-0.25, -0.2) is 0 Å². The van der Waals surface area contributed by atoms with E-state index in [1.165, 1.54) is 5.69 Å². The monoisotopic (exact) mass is 302 g/mol. The Morgan fingerprint density at radius 3 is 2.69 bits per heavy atom. The summed E-state index contributed by atoms with van der Waals surface area (Å²) in [5, 5.41) is 0. The van der Waals surface area contributed by atoms with Gasteiger partial charge in [0.25, 0.3) is 0 Å². The van der Waals surface area contributed by atoms with Crippen molar-refractivity contribution in [1.29, 1.82) is 0 Å². The van der Waals surface area contributed by atoms with Crippen LogP contribution in [0.3, 0.4) is 0 Å². The lowest BCUT2D eigenvalue weighted by Crippen LogP contribution is -2.33. The van der Waals surface area contributed by atoms with Crippen LogP contribution in [-0.2, 0) is 0 Å². The maximum absolute atomic E-state index is 5.74. The first kappa shape index (κ1) is 13.7. The van der Waals surface area contributed by atoms with Gasteiger partial charge in [0.15, 0.2) is 0 Å². The van der Waals surface area contributed by atoms with E-state index in [4.69, 9.17) is 5.73 Å². The third-order valence-corrected chi connectivity index (χ3v) is 4.08. The molecule has 90 valence electrons. The molecule has 0 saturated heterocycles. The van der Waals surface area contributed by atoms with Gasteiger partial charge in [0, 0.05) is 29.0 Å². The van der Waals surface area contributed by atoms with Crippen molar-refractivity contribution in [2.75, 3.05) is 29.7 Å². The lowest BCUT2D eigenvalue weighted by molar-refractivity contribution is 0.672. The van der Waals surface area contributed by atoms with Crippen molar-refractivity contribution < 1.29 is 0 Å². The summed E-state index contributed by atoms with van der Waals surface area (Å²) >= 11 is 5.45. The molecule has 0 aliphatic rings. The minimum absolute atomic E-state index is 0.565. The first-order valence-electron chi connectivity index (χ1n) is 5.37. The van der Waals surface area contributed by atoms with Crippen molar-refractivity contribution in [3.8, 4) is 0 Å². The quantitative estimate of drug-likeness (QED) is 0.843. The molecule has 0 aliphatic carbocycles. The maximum Gasteiger partial charge on any atom is 0.0512 e. The molecule has 0 heterocycles. The molecule has 2 nitrogen and oxygen atoms in total. The summed E-state index contributed by atoms with van der Waals surface area (Å²) in [5.41, 5.74) is 7.74. The molecule has 1 aromatic carbocycles. The Kier molecular flexibility index (Phi) is 5.49. The number of thioether (sulfide) groups is 1. The number of rotatable bonds is 5. The number of benzene rings is 1. The van der Waals surface area contributed by atoms with Gasteiger partial charge in [-0.15, -0.1) is 0 Å². The second-order valence-electron chi connectivity index (χ2n) is 3.84. The molecule has 0 spiro atoms. The highest BCUT2D eigenvalue weighted by molar-refractivity contribution is 9.10. The summed E-state index contributed by atoms with van der Waals surface area (Å²) in [7, 11) is 2.14. The summed E-state index contributed by atoms with van der Waals surface area (Å²) in [6, 6.07) is 6.54. The Balaban J connectivity index is 2.89. The Hall–Kier alpha value is -0.350. The van der Waals surface area contributed by atoms with Gasteiger partial charge in [0.2, 0.25) is 0 Å². The van der Waals surface area contributed by atoms with Crippen LogP contribution >= 0.6 is 27.7 Å². The van der Waals surface area contributed by atoms with Crippen LogP contribution in [0.4, 0.5) is 11.4 Å². The Bertz CT molecular complexity index is 344. The van der Waals surface area contributed by atoms with Crippen LogP contribution in [0, 0.1) is 0 Å². The number of hydrogen-bond donors (Lipinski definition) is 1. The molecular formula is C12H19BrN2S. The fourth-order valence-electron chi connectivity index (χ4n) is 1.70. The Morgan fingerprint density at radius 2 is 2.19 bits per heavy atom. The molecule has 2 N–H and O–H groups in total. The molecule has 0 bridgehead atoms. The van der Waals surface area contributed by atoms with Crippen LogP contribution < -0.4 is 10.6 Å². The lowest BCUT2D eigenvalue weighted by Gasteiger charge is -2.29. The summed E-state index contributed by atoms with van der Waals surface area (Å²) in [5.74, 6) is 1.14. The average molecular weight is 303 g/mol. The fourth-order valence-corrected chi connectivity index (χ4v) is 3.22. The van der Waals surface area contributed by atoms with E-state index in [1.807, 2.05) is 23.9 Å². The van der Waals surface area contributed by atoms with Gasteiger partial charge in [-0.1, -0.05) is 6.92 Å². The van der Waals surface area contributed by atoms with Crippen molar-refractivity contribution in [3.05, 3.63) is 22.7 Å². The topological polar surface area (TPSA) is 29.3 Å². The van der Waals surface area contributed by atoms with E-state index >= 15 is 0 Å². The third-order valence-electron chi connectivity index (χ3n) is 2.73. The molecule has 1 atom stereocenters. The molecule has 1 unspecified atom stereocenters. The Labute approximate surface area is 111 Å². The molecule has 0 fully saturated rings. The largest absolute Gasteiger partial charge is 0.399 e. The van der Waals surface area contributed by atoms with E-state index in [0.29, 0.717) is 6.04 Å². The zero-order chi connectivity index (χ0) is 12.1. The number of nitrogens with two attached hydrogens (primary N) is 1. The molecule has 16 heavy (non-hydrogen) atoms. The average Bonchev–Trinajstić information content (AvgIpc) is 2.25. The highest BCUT2D eigenvalue weighted by Crippen LogP contribution is 2.29. The van der Waals surface area contributed by atoms with E-state index in [9.17, 15) is 0 Å². The number of halogens is 1. The SMILES string of the molecule is CCC(CSC)N(C)c1ccc(N)cc1Br. The molecule has 0 radical (unpaired) electrons. The molecule has 4 heteroatoms. The van der Waals surface area contributed by atoms with Crippen molar-refractivity contribution in [3.63, 3.8) is 0 Å². The predicted molar refractivity (Wildman–Crippen MR) is 79.4 cm³/mol. The number of anilines is 2. The third kappa shape index (κ3) is 3.32. The predicted octanol–water partition coefficient (Wildman–Crippen LogP) is 3.61. The standard InChI is InChI=1S/C12H19BrN2S/c1-4-10(8-16-3)15(2)12-6-5-9(14)7-11(12)13/h5-7,10H,4,8,14H2,1-3H3. The smallest absolute Gasteiger partial charge is 0.0512 e. The van der Waals surface area contributed by atoms with Crippen LogP contribution in [0.15, 0.2) is 22.7 Å². The molecule has 1 rings (SSSR count). The molecule has 1 aromatic rings. The molecular weight excluding hydrogens is 284 g/mol. The second kappa shape index (κ2) is 6.40. The van der Waals surface area contributed by atoms with Crippen molar-refractivity contribution in [2.24, 2.45) is 0 Å². The minimum Gasteiger partial charge on any atom is -0.399 e. The first-order valence-corrected chi connectivity index (χ1v) is 7.55. The molecule has 0 aromatic heterocycles. The van der Waals surface area contributed by atoms with Crippen LogP contribution in [0.5, 0.6) is 0 Å². The lowest BCUT2D eigenvalue weighted by atomic mass is 10.2. The zero-order valence-corrected chi connectivity index (χ0v) is 12.4. The number of nitrogen functional groups attached to an aromatic ring is 1. The van der Waals surface area contributed by atoms with Gasteiger partial charge in [0.1, 0.15) is 0 Å². The van der Waals surface area contributed by atoms with Gasteiger partial charge < -0.3 is 10.6 Å². The van der Waals surface area contributed by atoms with E-state index in [1.54, 1.807) is 0 Å². The van der Waals surface area contributed by atoms with Crippen LogP contribution in [0.2, 0.25) is 0 Å². The summed E-state index contributed by atoms with van der Waals surface area (Å²) < 4.78 is 1.06. The second-order valence-corrected chi connectivity index (χ2v) is 5.60. The zero-order valence-electron chi connectivity index (χ0n) is 10.0. The minimum atomic E-state index is 0.565. The highest BCUT2D eigenvalue weighted by Gasteiger charge is 2.14. The molecule has 0 aliphatic heterocycles. The summed E-state index contributed by atoms with van der Waals surface area (Å²) in [4.78, 5) is 2.32. The van der Waals surface area contributed by atoms with Gasteiger partial charge in [-0.3, -0.25) is 0 Å². The van der Waals surface area contributed by atoms with E-state index in [2.05, 4.69) is 47.1 Å². The van der Waals surface area contributed by atoms with E-state index < -0.39 is 0 Å². The summed E-state index contributed by atoms with van der Waals surface area (Å²) in [6.45, 7) is 2.22. The number of nitrogens with zero attached hydrogens (tertiary/aromatic N) is 1. The van der Waals surface area contributed by atoms with E-state index in [-0.39, 0.29) is 0 Å². The van der Waals surface area contributed by atoms with Gasteiger partial charge >= 0.3 is 0 Å². The van der Waals surface area contributed by atoms with Crippen molar-refractivity contribution >= 4 is 39.1 Å². The van der Waals surface area contributed by atoms with Crippen molar-refractivity contribution in [1.82, 2.24) is 0 Å². The first-order chi connectivity index (χ1) is 7.60. The van der Waals surface area contributed by atoms with Gasteiger partial charge in [-0.05, 0) is 46.8 Å². The summed E-state index contributed by atoms with van der Waals surface area (Å²) in [6.07, 6.45) is 3.29. The van der Waals surface area contributed by atoms with Crippen LogP contribution in [0.25, 0.3) is 0 Å². The normalized spacial score (nSPS) is 12.5. The Morgan fingerprint density at radius 1 is 1.50 bits per heavy atom. The fraction of sp³-hybridized carbons (Fsp3) is 0.500. The van der Waals surface area contributed by atoms with Crippen LogP contribution in [0.1, 0.15) is 13.3 Å². The number of hydrogen-bond acceptors (Lipinski definition) is 3. The van der Waals surface area contributed by atoms with Crippen molar-refractivity contribution in [2.45, 2.75) is 19.4 Å². The maximum atomic E-state index is 5.74. The highest BCUT2D eigenvalue weighted by atomic mass is 79.9. The van der Waals surface area contributed by atoms with Gasteiger partial charge in [0.05, 0.1) is 5.69 Å².